The number of aliphatic hydroxyl groups is 1. The fourth-order valence-electron chi connectivity index (χ4n) is 3.43. The first-order valence-corrected chi connectivity index (χ1v) is 9.29. The molecule has 1 N–H and O–H groups in total. The van der Waals surface area contributed by atoms with Crippen LogP contribution in [0.5, 0.6) is 11.5 Å². The van der Waals surface area contributed by atoms with Crippen LogP contribution >= 0.6 is 11.6 Å². The van der Waals surface area contributed by atoms with Gasteiger partial charge in [0.15, 0.2) is 5.78 Å². The van der Waals surface area contributed by atoms with Crippen molar-refractivity contribution in [1.29, 1.82) is 0 Å². The maximum Gasteiger partial charge on any atom is 0.167 e. The van der Waals surface area contributed by atoms with Crippen LogP contribution in [0.3, 0.4) is 0 Å². The summed E-state index contributed by atoms with van der Waals surface area (Å²) in [6.45, 7) is 5.92. The predicted octanol–water partition coefficient (Wildman–Crippen LogP) is 6.49. The van der Waals surface area contributed by atoms with Crippen LogP contribution in [0.15, 0.2) is 42.2 Å². The van der Waals surface area contributed by atoms with Crippen molar-refractivity contribution in [2.45, 2.75) is 40.0 Å². The van der Waals surface area contributed by atoms with Crippen molar-refractivity contribution in [2.24, 2.45) is 5.41 Å². The van der Waals surface area contributed by atoms with E-state index >= 15 is 0 Å². The number of carbonyl (C=O) groups excluding carboxylic acids is 1. The molecular weight excluding hydrogens is 367 g/mol. The summed E-state index contributed by atoms with van der Waals surface area (Å²) in [6.07, 6.45) is 1.53. The number of hydrogen-bond donors (Lipinski definition) is 1. The van der Waals surface area contributed by atoms with Crippen LogP contribution < -0.4 is 4.74 Å². The number of Topliss-reactive ketones (excluding diaryl/α,β-unsaturated/α-hetero) is 1. The first-order valence-electron chi connectivity index (χ1n) is 8.91. The molecule has 3 nitrogen and oxygen atoms in total. The Labute approximate surface area is 163 Å². The highest BCUT2D eigenvalue weighted by atomic mass is 35.5. The Morgan fingerprint density at radius 2 is 1.81 bits per heavy atom. The highest BCUT2D eigenvalue weighted by molar-refractivity contribution is 6.30. The van der Waals surface area contributed by atoms with E-state index in [-0.39, 0.29) is 22.0 Å². The van der Waals surface area contributed by atoms with E-state index in [4.69, 9.17) is 16.3 Å². The number of halogens is 2. The monoisotopic (exact) mass is 388 g/mol. The van der Waals surface area contributed by atoms with Crippen molar-refractivity contribution in [1.82, 2.24) is 0 Å². The number of ether oxygens (including phenoxy) is 1. The highest BCUT2D eigenvalue weighted by Gasteiger charge is 2.34. The lowest BCUT2D eigenvalue weighted by Crippen LogP contribution is -2.25. The van der Waals surface area contributed by atoms with Gasteiger partial charge in [-0.15, -0.1) is 0 Å². The lowest BCUT2D eigenvalue weighted by atomic mass is 9.74. The second-order valence-corrected chi connectivity index (χ2v) is 8.02. The van der Waals surface area contributed by atoms with E-state index in [2.05, 4.69) is 0 Å². The molecule has 2 aromatic carbocycles. The van der Waals surface area contributed by atoms with E-state index in [1.54, 1.807) is 18.2 Å². The van der Waals surface area contributed by atoms with Gasteiger partial charge in [-0.3, -0.25) is 4.79 Å². The number of aryl methyl sites for hydroxylation is 1. The van der Waals surface area contributed by atoms with Gasteiger partial charge >= 0.3 is 0 Å². The van der Waals surface area contributed by atoms with E-state index in [1.165, 1.54) is 12.1 Å². The third-order valence-corrected chi connectivity index (χ3v) is 5.02. The molecule has 0 unspecified atom stereocenters. The molecule has 0 aliphatic heterocycles. The normalized spacial score (nSPS) is 16.6. The standard InChI is InChI=1S/C22H22ClFO3/c1-4-13-5-6-14(27-15-7-8-17(23)18(24)10-15)9-16(13)21-19(25)11-22(2,3)12-20(21)26/h5-10,25H,4,11-12H2,1-3H3. The average molecular weight is 389 g/mol. The van der Waals surface area contributed by atoms with Gasteiger partial charge in [-0.1, -0.05) is 38.4 Å². The molecule has 1 aliphatic carbocycles. The Morgan fingerprint density at radius 1 is 1.15 bits per heavy atom. The van der Waals surface area contributed by atoms with Crippen molar-refractivity contribution in [3.63, 3.8) is 0 Å². The second-order valence-electron chi connectivity index (χ2n) is 7.61. The van der Waals surface area contributed by atoms with Gasteiger partial charge in [0, 0.05) is 18.9 Å². The molecular formula is C22H22ClFO3. The van der Waals surface area contributed by atoms with Crippen molar-refractivity contribution in [3.05, 3.63) is 64.1 Å². The minimum absolute atomic E-state index is 0.0230. The minimum atomic E-state index is -0.565. The van der Waals surface area contributed by atoms with E-state index in [1.807, 2.05) is 26.8 Å². The van der Waals surface area contributed by atoms with Gasteiger partial charge in [-0.25, -0.2) is 4.39 Å². The summed E-state index contributed by atoms with van der Waals surface area (Å²) in [5, 5.41) is 10.6. The molecule has 142 valence electrons. The van der Waals surface area contributed by atoms with Crippen LogP contribution in [-0.4, -0.2) is 10.9 Å². The maximum absolute atomic E-state index is 13.6. The molecule has 0 fully saturated rings. The van der Waals surface area contributed by atoms with Crippen molar-refractivity contribution >= 4 is 23.0 Å². The number of carbonyl (C=O) groups is 1. The number of allylic oxidation sites excluding steroid dienone is 2. The predicted molar refractivity (Wildman–Crippen MR) is 105 cm³/mol. The molecule has 0 radical (unpaired) electrons. The SMILES string of the molecule is CCc1ccc(Oc2ccc(Cl)c(F)c2)cc1C1=C(O)CC(C)(C)CC1=O. The number of rotatable bonds is 4. The lowest BCUT2D eigenvalue weighted by molar-refractivity contribution is -0.116. The summed E-state index contributed by atoms with van der Waals surface area (Å²) < 4.78 is 19.4. The van der Waals surface area contributed by atoms with Gasteiger partial charge in [-0.05, 0) is 47.2 Å². The molecule has 0 bridgehead atoms. The van der Waals surface area contributed by atoms with Crippen LogP contribution in [0.2, 0.25) is 5.02 Å². The first kappa shape index (κ1) is 19.4. The van der Waals surface area contributed by atoms with E-state index in [9.17, 15) is 14.3 Å². The summed E-state index contributed by atoms with van der Waals surface area (Å²) in [4.78, 5) is 12.7. The van der Waals surface area contributed by atoms with Crippen LogP contribution in [0.25, 0.3) is 5.57 Å². The van der Waals surface area contributed by atoms with E-state index in [0.717, 1.165) is 5.56 Å². The third-order valence-electron chi connectivity index (χ3n) is 4.71. The molecule has 27 heavy (non-hydrogen) atoms. The Hall–Kier alpha value is -2.33. The zero-order chi connectivity index (χ0) is 19.8. The molecule has 0 aromatic heterocycles. The lowest BCUT2D eigenvalue weighted by Gasteiger charge is -2.30. The van der Waals surface area contributed by atoms with Crippen LogP contribution in [0.1, 0.15) is 44.7 Å². The van der Waals surface area contributed by atoms with E-state index in [0.29, 0.717) is 41.9 Å². The molecule has 5 heteroatoms. The molecule has 0 saturated carbocycles. The van der Waals surface area contributed by atoms with Gasteiger partial charge in [0.2, 0.25) is 0 Å². The zero-order valence-electron chi connectivity index (χ0n) is 15.6. The van der Waals surface area contributed by atoms with Gasteiger partial charge < -0.3 is 9.84 Å². The zero-order valence-corrected chi connectivity index (χ0v) is 16.4. The minimum Gasteiger partial charge on any atom is -0.512 e. The Kier molecular flexibility index (Phi) is 5.29. The van der Waals surface area contributed by atoms with Gasteiger partial charge in [0.1, 0.15) is 23.1 Å². The average Bonchev–Trinajstić information content (AvgIpc) is 2.57. The first-order chi connectivity index (χ1) is 12.7. The van der Waals surface area contributed by atoms with Crippen LogP contribution in [0.4, 0.5) is 4.39 Å². The molecule has 3 rings (SSSR count). The Bertz CT molecular complexity index is 931. The molecule has 0 amide bonds. The number of benzene rings is 2. The molecule has 0 saturated heterocycles. The number of aliphatic hydroxyl groups excluding tert-OH is 1. The Balaban J connectivity index is 2.01. The number of ketones is 1. The van der Waals surface area contributed by atoms with E-state index < -0.39 is 5.82 Å². The fraction of sp³-hybridized carbons (Fsp3) is 0.318. The van der Waals surface area contributed by atoms with Gasteiger partial charge in [-0.2, -0.15) is 0 Å². The van der Waals surface area contributed by atoms with Crippen LogP contribution in [0, 0.1) is 11.2 Å². The summed E-state index contributed by atoms with van der Waals surface area (Å²) in [7, 11) is 0. The molecule has 0 heterocycles. The van der Waals surface area contributed by atoms with Crippen molar-refractivity contribution < 1.29 is 19.0 Å². The molecule has 0 atom stereocenters. The molecule has 0 spiro atoms. The molecule has 1 aliphatic rings. The largest absolute Gasteiger partial charge is 0.512 e. The Morgan fingerprint density at radius 3 is 2.44 bits per heavy atom. The third kappa shape index (κ3) is 4.16. The number of hydrogen-bond acceptors (Lipinski definition) is 3. The highest BCUT2D eigenvalue weighted by Crippen LogP contribution is 2.41. The summed E-state index contributed by atoms with van der Waals surface area (Å²) in [5.74, 6) is 0.238. The smallest absolute Gasteiger partial charge is 0.167 e. The maximum atomic E-state index is 13.6. The molecule has 2 aromatic rings. The van der Waals surface area contributed by atoms with Crippen molar-refractivity contribution in [3.8, 4) is 11.5 Å². The summed E-state index contributed by atoms with van der Waals surface area (Å²) in [6, 6.07) is 9.57. The van der Waals surface area contributed by atoms with Crippen molar-refractivity contribution in [2.75, 3.05) is 0 Å². The summed E-state index contributed by atoms with van der Waals surface area (Å²) in [5.41, 5.74) is 1.71. The topological polar surface area (TPSA) is 46.5 Å². The van der Waals surface area contributed by atoms with Crippen LogP contribution in [-0.2, 0) is 11.2 Å². The van der Waals surface area contributed by atoms with Gasteiger partial charge in [0.25, 0.3) is 0 Å². The second kappa shape index (κ2) is 7.35. The summed E-state index contributed by atoms with van der Waals surface area (Å²) >= 11 is 5.70. The van der Waals surface area contributed by atoms with Gasteiger partial charge in [0.05, 0.1) is 10.6 Å². The fourth-order valence-corrected chi connectivity index (χ4v) is 3.55. The quantitative estimate of drug-likeness (QED) is 0.650.